The molecule has 0 atom stereocenters. The highest BCUT2D eigenvalue weighted by Gasteiger charge is 2.25. The SMILES string of the molecule is CN(c1ccccn1)c1cccc2c(C3=Cc4nccc(C(=O)O)c4C3)n(C)nc12. The van der Waals surface area contributed by atoms with Gasteiger partial charge in [0.05, 0.1) is 22.6 Å². The monoisotopic (exact) mass is 397 g/mol. The molecule has 0 fully saturated rings. The smallest absolute Gasteiger partial charge is 0.336 e. The van der Waals surface area contributed by atoms with E-state index in [1.165, 1.54) is 0 Å². The second-order valence-corrected chi connectivity index (χ2v) is 7.27. The first-order valence-corrected chi connectivity index (χ1v) is 9.57. The number of allylic oxidation sites excluding steroid dienone is 1. The molecule has 7 heteroatoms. The van der Waals surface area contributed by atoms with Gasteiger partial charge in [-0.3, -0.25) is 9.67 Å². The minimum absolute atomic E-state index is 0.299. The Morgan fingerprint density at radius 1 is 1.10 bits per heavy atom. The molecule has 0 radical (unpaired) electrons. The molecule has 30 heavy (non-hydrogen) atoms. The van der Waals surface area contributed by atoms with E-state index in [0.717, 1.165) is 39.2 Å². The van der Waals surface area contributed by atoms with Gasteiger partial charge in [-0.05, 0) is 41.5 Å². The molecular weight excluding hydrogens is 378 g/mol. The van der Waals surface area contributed by atoms with E-state index in [-0.39, 0.29) is 0 Å². The summed E-state index contributed by atoms with van der Waals surface area (Å²) < 4.78 is 1.86. The molecule has 0 amide bonds. The summed E-state index contributed by atoms with van der Waals surface area (Å²) in [5, 5.41) is 15.3. The van der Waals surface area contributed by atoms with Crippen LogP contribution in [-0.4, -0.2) is 37.9 Å². The highest BCUT2D eigenvalue weighted by atomic mass is 16.4. The third kappa shape index (κ3) is 2.75. The zero-order valence-corrected chi connectivity index (χ0v) is 16.6. The summed E-state index contributed by atoms with van der Waals surface area (Å²) in [6, 6.07) is 13.4. The van der Waals surface area contributed by atoms with Crippen LogP contribution in [0, 0.1) is 0 Å². The standard InChI is InChI=1S/C23H19N5O2/c1-27(20-8-3-4-10-25-20)19-7-5-6-16-21(19)26-28(2)22(16)14-12-17-15(23(29)30)9-11-24-18(17)13-14/h3-11,13H,12H2,1-2H3,(H,29,30). The lowest BCUT2D eigenvalue weighted by Crippen LogP contribution is -2.11. The molecule has 0 unspecified atom stereocenters. The summed E-state index contributed by atoms with van der Waals surface area (Å²) in [5.74, 6) is -0.0996. The molecule has 1 aromatic carbocycles. The van der Waals surface area contributed by atoms with E-state index in [4.69, 9.17) is 5.10 Å². The maximum absolute atomic E-state index is 11.6. The van der Waals surface area contributed by atoms with Crippen molar-refractivity contribution in [3.8, 4) is 0 Å². The topological polar surface area (TPSA) is 84.1 Å². The van der Waals surface area contributed by atoms with E-state index in [2.05, 4.69) is 9.97 Å². The lowest BCUT2D eigenvalue weighted by Gasteiger charge is -2.18. The van der Waals surface area contributed by atoms with Gasteiger partial charge < -0.3 is 10.0 Å². The molecule has 3 aromatic heterocycles. The van der Waals surface area contributed by atoms with Gasteiger partial charge in [0, 0.05) is 38.3 Å². The van der Waals surface area contributed by atoms with Crippen molar-refractivity contribution < 1.29 is 9.90 Å². The zero-order valence-electron chi connectivity index (χ0n) is 16.6. The quantitative estimate of drug-likeness (QED) is 0.562. The number of hydrogen-bond donors (Lipinski definition) is 1. The van der Waals surface area contributed by atoms with E-state index in [9.17, 15) is 9.90 Å². The van der Waals surface area contributed by atoms with Gasteiger partial charge in [-0.25, -0.2) is 9.78 Å². The molecule has 7 nitrogen and oxygen atoms in total. The fourth-order valence-electron chi connectivity index (χ4n) is 4.11. The Morgan fingerprint density at radius 2 is 1.97 bits per heavy atom. The maximum Gasteiger partial charge on any atom is 0.336 e. The summed E-state index contributed by atoms with van der Waals surface area (Å²) >= 11 is 0. The van der Waals surface area contributed by atoms with Crippen molar-refractivity contribution in [1.82, 2.24) is 19.7 Å². The number of carboxylic acids is 1. The van der Waals surface area contributed by atoms with Gasteiger partial charge in [0.25, 0.3) is 0 Å². The number of nitrogens with zero attached hydrogens (tertiary/aromatic N) is 5. The highest BCUT2D eigenvalue weighted by Crippen LogP contribution is 2.38. The Balaban J connectivity index is 1.62. The van der Waals surface area contributed by atoms with Crippen molar-refractivity contribution in [2.75, 3.05) is 11.9 Å². The van der Waals surface area contributed by atoms with Crippen LogP contribution in [0.5, 0.6) is 0 Å². The summed E-state index contributed by atoms with van der Waals surface area (Å²) in [6.07, 6.45) is 5.79. The van der Waals surface area contributed by atoms with Crippen molar-refractivity contribution >= 4 is 40.0 Å². The number of aromatic nitrogens is 4. The summed E-state index contributed by atoms with van der Waals surface area (Å²) in [4.78, 5) is 22.4. The number of hydrogen-bond acceptors (Lipinski definition) is 5. The maximum atomic E-state index is 11.6. The third-order valence-corrected chi connectivity index (χ3v) is 5.50. The number of aryl methyl sites for hydroxylation is 1. The zero-order chi connectivity index (χ0) is 20.8. The largest absolute Gasteiger partial charge is 0.478 e. The number of benzene rings is 1. The van der Waals surface area contributed by atoms with Crippen LogP contribution in [0.15, 0.2) is 54.9 Å². The molecule has 0 saturated heterocycles. The van der Waals surface area contributed by atoms with E-state index in [0.29, 0.717) is 17.7 Å². The molecule has 5 rings (SSSR count). The highest BCUT2D eigenvalue weighted by molar-refractivity contribution is 6.03. The Bertz CT molecular complexity index is 1320. The van der Waals surface area contributed by atoms with Crippen LogP contribution >= 0.6 is 0 Å². The molecule has 1 N–H and O–H groups in total. The molecule has 0 bridgehead atoms. The first kappa shape index (κ1) is 18.1. The normalized spacial score (nSPS) is 12.7. The average Bonchev–Trinajstić information content (AvgIpc) is 3.32. The van der Waals surface area contributed by atoms with Gasteiger partial charge in [-0.1, -0.05) is 18.2 Å². The van der Waals surface area contributed by atoms with Crippen LogP contribution in [0.3, 0.4) is 0 Å². The Hall–Kier alpha value is -4.00. The number of anilines is 2. The van der Waals surface area contributed by atoms with Gasteiger partial charge in [-0.2, -0.15) is 5.10 Å². The molecule has 1 aliphatic carbocycles. The molecule has 0 aliphatic heterocycles. The van der Waals surface area contributed by atoms with Crippen molar-refractivity contribution in [3.05, 3.63) is 77.4 Å². The Morgan fingerprint density at radius 3 is 2.73 bits per heavy atom. The lowest BCUT2D eigenvalue weighted by molar-refractivity contribution is 0.0695. The minimum Gasteiger partial charge on any atom is -0.478 e. The molecule has 0 saturated carbocycles. The van der Waals surface area contributed by atoms with Crippen LogP contribution in [-0.2, 0) is 13.5 Å². The average molecular weight is 397 g/mol. The van der Waals surface area contributed by atoms with Crippen LogP contribution < -0.4 is 4.90 Å². The summed E-state index contributed by atoms with van der Waals surface area (Å²) in [6.45, 7) is 0. The van der Waals surface area contributed by atoms with E-state index < -0.39 is 5.97 Å². The van der Waals surface area contributed by atoms with E-state index in [1.54, 1.807) is 18.5 Å². The Labute approximate surface area is 172 Å². The molecule has 3 heterocycles. The number of pyridine rings is 2. The lowest BCUT2D eigenvalue weighted by atomic mass is 10.0. The fraction of sp³-hybridized carbons (Fsp3) is 0.130. The first-order valence-electron chi connectivity index (χ1n) is 9.57. The number of carboxylic acid groups (broad SMARTS) is 1. The molecular formula is C23H19N5O2. The van der Waals surface area contributed by atoms with Crippen LogP contribution in [0.25, 0.3) is 22.6 Å². The third-order valence-electron chi connectivity index (χ3n) is 5.50. The van der Waals surface area contributed by atoms with Crippen LogP contribution in [0.1, 0.15) is 27.3 Å². The molecule has 4 aromatic rings. The number of rotatable bonds is 4. The van der Waals surface area contributed by atoms with Crippen molar-refractivity contribution in [3.63, 3.8) is 0 Å². The van der Waals surface area contributed by atoms with E-state index in [1.807, 2.05) is 66.2 Å². The molecule has 148 valence electrons. The van der Waals surface area contributed by atoms with Gasteiger partial charge in [0.15, 0.2) is 0 Å². The van der Waals surface area contributed by atoms with Crippen LogP contribution in [0.2, 0.25) is 0 Å². The summed E-state index contributed by atoms with van der Waals surface area (Å²) in [5.41, 5.74) is 5.55. The number of fused-ring (bicyclic) bond motifs is 2. The predicted molar refractivity (Wildman–Crippen MR) is 116 cm³/mol. The number of carbonyl (C=O) groups is 1. The van der Waals surface area contributed by atoms with Gasteiger partial charge in [-0.15, -0.1) is 0 Å². The first-order chi connectivity index (χ1) is 14.5. The second kappa shape index (κ2) is 6.81. The van der Waals surface area contributed by atoms with Crippen molar-refractivity contribution in [1.29, 1.82) is 0 Å². The number of aromatic carboxylic acids is 1. The predicted octanol–water partition coefficient (Wildman–Crippen LogP) is 3.93. The van der Waals surface area contributed by atoms with Gasteiger partial charge in [0.2, 0.25) is 0 Å². The van der Waals surface area contributed by atoms with Gasteiger partial charge >= 0.3 is 5.97 Å². The molecule has 1 aliphatic rings. The minimum atomic E-state index is -0.933. The molecule has 0 spiro atoms. The summed E-state index contributed by atoms with van der Waals surface area (Å²) in [7, 11) is 3.88. The van der Waals surface area contributed by atoms with Crippen LogP contribution in [0.4, 0.5) is 11.5 Å². The van der Waals surface area contributed by atoms with Crippen molar-refractivity contribution in [2.24, 2.45) is 7.05 Å². The van der Waals surface area contributed by atoms with Crippen molar-refractivity contribution in [2.45, 2.75) is 6.42 Å². The second-order valence-electron chi connectivity index (χ2n) is 7.27. The van der Waals surface area contributed by atoms with E-state index >= 15 is 0 Å². The fourth-order valence-corrected chi connectivity index (χ4v) is 4.11. The van der Waals surface area contributed by atoms with Gasteiger partial charge in [0.1, 0.15) is 11.3 Å². The Kier molecular flexibility index (Phi) is 4.10.